The van der Waals surface area contributed by atoms with Gasteiger partial charge in [-0.05, 0) is 54.1 Å². The Kier molecular flexibility index (Phi) is 5.72. The molecule has 2 aromatic heterocycles. The lowest BCUT2D eigenvalue weighted by Crippen LogP contribution is -2.15. The Labute approximate surface area is 189 Å². The van der Waals surface area contributed by atoms with E-state index < -0.39 is 0 Å². The van der Waals surface area contributed by atoms with E-state index in [9.17, 15) is 4.79 Å². The SMILES string of the molecule is O=C(Nc1cccc(OCc2cccnc2)c1)c1ccc(-c2ccc3c(c2)OCCO3)s1. The van der Waals surface area contributed by atoms with Gasteiger partial charge < -0.3 is 19.5 Å². The maximum absolute atomic E-state index is 12.8. The van der Waals surface area contributed by atoms with Crippen molar-refractivity contribution in [3.8, 4) is 27.7 Å². The fraction of sp³-hybridized carbons (Fsp3) is 0.120. The standard InChI is InChI=1S/C25H20N2O4S/c28-25(27-19-4-1-5-20(14-19)31-16-17-3-2-10-26-15-17)24-9-8-23(32-24)18-6-7-21-22(13-18)30-12-11-29-21/h1-10,13-15H,11-12,16H2,(H,27,28). The number of rotatable bonds is 6. The molecule has 2 aromatic carbocycles. The van der Waals surface area contributed by atoms with Crippen molar-refractivity contribution in [2.45, 2.75) is 6.61 Å². The van der Waals surface area contributed by atoms with Gasteiger partial charge >= 0.3 is 0 Å². The Morgan fingerprint density at radius 1 is 1.00 bits per heavy atom. The number of nitrogens with one attached hydrogen (secondary N) is 1. The van der Waals surface area contributed by atoms with Crippen LogP contribution in [0.15, 0.2) is 79.1 Å². The topological polar surface area (TPSA) is 69.7 Å². The summed E-state index contributed by atoms with van der Waals surface area (Å²) >= 11 is 1.43. The predicted octanol–water partition coefficient (Wildman–Crippen LogP) is 5.41. The smallest absolute Gasteiger partial charge is 0.265 e. The lowest BCUT2D eigenvalue weighted by Gasteiger charge is -2.18. The third-order valence-electron chi connectivity index (χ3n) is 4.88. The Balaban J connectivity index is 1.25. The molecule has 0 radical (unpaired) electrons. The van der Waals surface area contributed by atoms with Gasteiger partial charge in [-0.3, -0.25) is 9.78 Å². The second kappa shape index (κ2) is 9.11. The highest BCUT2D eigenvalue weighted by atomic mass is 32.1. The monoisotopic (exact) mass is 444 g/mol. The molecule has 160 valence electrons. The normalized spacial score (nSPS) is 12.2. The molecule has 5 rings (SSSR count). The van der Waals surface area contributed by atoms with Gasteiger partial charge in [-0.2, -0.15) is 0 Å². The van der Waals surface area contributed by atoms with Gasteiger partial charge in [0.25, 0.3) is 5.91 Å². The van der Waals surface area contributed by atoms with Crippen LogP contribution in [-0.4, -0.2) is 24.1 Å². The number of anilines is 1. The van der Waals surface area contributed by atoms with Crippen molar-refractivity contribution in [3.05, 3.63) is 89.6 Å². The Morgan fingerprint density at radius 2 is 1.91 bits per heavy atom. The van der Waals surface area contributed by atoms with Gasteiger partial charge in [0.15, 0.2) is 11.5 Å². The van der Waals surface area contributed by atoms with Crippen LogP contribution in [0.1, 0.15) is 15.2 Å². The molecule has 0 bridgehead atoms. The van der Waals surface area contributed by atoms with Crippen LogP contribution < -0.4 is 19.5 Å². The van der Waals surface area contributed by atoms with Gasteiger partial charge in [0, 0.05) is 34.6 Å². The van der Waals surface area contributed by atoms with Crippen LogP contribution >= 0.6 is 11.3 Å². The number of aromatic nitrogens is 1. The van der Waals surface area contributed by atoms with Gasteiger partial charge in [-0.15, -0.1) is 11.3 Å². The fourth-order valence-electron chi connectivity index (χ4n) is 3.32. The summed E-state index contributed by atoms with van der Waals surface area (Å²) in [4.78, 5) is 18.5. The minimum absolute atomic E-state index is 0.164. The molecular formula is C25H20N2O4S. The highest BCUT2D eigenvalue weighted by molar-refractivity contribution is 7.17. The van der Waals surface area contributed by atoms with Crippen LogP contribution in [0.4, 0.5) is 5.69 Å². The van der Waals surface area contributed by atoms with E-state index in [1.165, 1.54) is 11.3 Å². The third-order valence-corrected chi connectivity index (χ3v) is 6.01. The summed E-state index contributed by atoms with van der Waals surface area (Å²) < 4.78 is 17.1. The molecule has 0 spiro atoms. The largest absolute Gasteiger partial charge is 0.489 e. The number of thiophene rings is 1. The van der Waals surface area contributed by atoms with Gasteiger partial charge in [0.2, 0.25) is 0 Å². The maximum atomic E-state index is 12.8. The van der Waals surface area contributed by atoms with Crippen molar-refractivity contribution in [3.63, 3.8) is 0 Å². The molecule has 1 N–H and O–H groups in total. The number of nitrogens with zero attached hydrogens (tertiary/aromatic N) is 1. The highest BCUT2D eigenvalue weighted by Crippen LogP contribution is 2.37. The van der Waals surface area contributed by atoms with Crippen molar-refractivity contribution >= 4 is 22.9 Å². The van der Waals surface area contributed by atoms with Gasteiger partial charge in [0.05, 0.1) is 4.88 Å². The van der Waals surface area contributed by atoms with Crippen molar-refractivity contribution < 1.29 is 19.0 Å². The molecule has 32 heavy (non-hydrogen) atoms. The molecule has 0 atom stereocenters. The molecule has 0 saturated heterocycles. The first kappa shape index (κ1) is 20.1. The molecule has 0 saturated carbocycles. The van der Waals surface area contributed by atoms with E-state index in [1.807, 2.05) is 66.7 Å². The number of carbonyl (C=O) groups is 1. The number of carbonyl (C=O) groups excluding carboxylic acids is 1. The van der Waals surface area contributed by atoms with E-state index in [-0.39, 0.29) is 5.91 Å². The molecular weight excluding hydrogens is 424 g/mol. The molecule has 1 aliphatic rings. The summed E-state index contributed by atoms with van der Waals surface area (Å²) in [6.07, 6.45) is 3.49. The highest BCUT2D eigenvalue weighted by Gasteiger charge is 2.15. The van der Waals surface area contributed by atoms with E-state index >= 15 is 0 Å². The average molecular weight is 445 g/mol. The van der Waals surface area contributed by atoms with Crippen molar-refractivity contribution in [1.82, 2.24) is 4.98 Å². The quantitative estimate of drug-likeness (QED) is 0.430. The summed E-state index contributed by atoms with van der Waals surface area (Å²) in [5.41, 5.74) is 2.64. The molecule has 0 unspecified atom stereocenters. The zero-order valence-corrected chi connectivity index (χ0v) is 17.9. The van der Waals surface area contributed by atoms with E-state index in [1.54, 1.807) is 12.4 Å². The maximum Gasteiger partial charge on any atom is 0.265 e. The zero-order chi connectivity index (χ0) is 21.8. The molecule has 1 amide bonds. The Bertz CT molecular complexity index is 1240. The van der Waals surface area contributed by atoms with Gasteiger partial charge in [-0.1, -0.05) is 12.1 Å². The summed E-state index contributed by atoms with van der Waals surface area (Å²) in [5.74, 6) is 1.99. The third kappa shape index (κ3) is 4.58. The molecule has 7 heteroatoms. The van der Waals surface area contributed by atoms with Crippen LogP contribution in [0.2, 0.25) is 0 Å². The number of hydrogen-bond acceptors (Lipinski definition) is 6. The summed E-state index contributed by atoms with van der Waals surface area (Å²) in [6.45, 7) is 1.51. The molecule has 1 aliphatic heterocycles. The lowest BCUT2D eigenvalue weighted by atomic mass is 10.1. The molecule has 6 nitrogen and oxygen atoms in total. The second-order valence-corrected chi connectivity index (χ2v) is 8.24. The Hall–Kier alpha value is -3.84. The van der Waals surface area contributed by atoms with E-state index in [0.717, 1.165) is 27.5 Å². The second-order valence-electron chi connectivity index (χ2n) is 7.15. The zero-order valence-electron chi connectivity index (χ0n) is 17.1. The first-order valence-corrected chi connectivity index (χ1v) is 11.0. The minimum atomic E-state index is -0.164. The lowest BCUT2D eigenvalue weighted by molar-refractivity contribution is 0.103. The first-order valence-electron chi connectivity index (χ1n) is 10.2. The summed E-state index contributed by atoms with van der Waals surface area (Å²) in [7, 11) is 0. The van der Waals surface area contributed by atoms with E-state index in [4.69, 9.17) is 14.2 Å². The van der Waals surface area contributed by atoms with Crippen LogP contribution in [0.3, 0.4) is 0 Å². The van der Waals surface area contributed by atoms with E-state index in [2.05, 4.69) is 10.3 Å². The minimum Gasteiger partial charge on any atom is -0.489 e. The van der Waals surface area contributed by atoms with Crippen molar-refractivity contribution in [2.75, 3.05) is 18.5 Å². The summed E-state index contributed by atoms with van der Waals surface area (Å²) in [5, 5.41) is 2.95. The van der Waals surface area contributed by atoms with Crippen LogP contribution in [0.5, 0.6) is 17.2 Å². The van der Waals surface area contributed by atoms with Gasteiger partial charge in [-0.25, -0.2) is 0 Å². The summed E-state index contributed by atoms with van der Waals surface area (Å²) in [6, 6.07) is 20.8. The molecule has 0 fully saturated rings. The number of pyridine rings is 1. The number of amides is 1. The fourth-order valence-corrected chi connectivity index (χ4v) is 4.22. The van der Waals surface area contributed by atoms with Crippen LogP contribution in [-0.2, 0) is 6.61 Å². The average Bonchev–Trinajstić information content (AvgIpc) is 3.34. The molecule has 4 aromatic rings. The number of benzene rings is 2. The predicted molar refractivity (Wildman–Crippen MR) is 124 cm³/mol. The number of hydrogen-bond donors (Lipinski definition) is 1. The molecule has 3 heterocycles. The first-order chi connectivity index (χ1) is 15.7. The van der Waals surface area contributed by atoms with Crippen molar-refractivity contribution in [2.24, 2.45) is 0 Å². The Morgan fingerprint density at radius 3 is 2.78 bits per heavy atom. The number of ether oxygens (including phenoxy) is 3. The van der Waals surface area contributed by atoms with Crippen molar-refractivity contribution in [1.29, 1.82) is 0 Å². The molecule has 0 aliphatic carbocycles. The van der Waals surface area contributed by atoms with Gasteiger partial charge in [0.1, 0.15) is 25.6 Å². The van der Waals surface area contributed by atoms with Crippen LogP contribution in [0.25, 0.3) is 10.4 Å². The number of fused-ring (bicyclic) bond motifs is 1. The van der Waals surface area contributed by atoms with E-state index in [0.29, 0.717) is 36.1 Å². The van der Waals surface area contributed by atoms with Crippen LogP contribution in [0, 0.1) is 0 Å².